The SMILES string of the molecule is Cc1cc(NC(=O)CN2C(=O)N[C@](Cc3ccccc3)(c3ccccc3)C2=O)ccc1Br. The summed E-state index contributed by atoms with van der Waals surface area (Å²) in [7, 11) is 0. The van der Waals surface area contributed by atoms with Crippen LogP contribution in [0.15, 0.2) is 83.3 Å². The molecule has 1 aliphatic rings. The molecule has 4 rings (SSSR count). The maximum Gasteiger partial charge on any atom is 0.325 e. The number of benzene rings is 3. The van der Waals surface area contributed by atoms with Crippen molar-refractivity contribution in [3.05, 3.63) is 100 Å². The van der Waals surface area contributed by atoms with Crippen LogP contribution in [0.2, 0.25) is 0 Å². The average Bonchev–Trinajstić information content (AvgIpc) is 3.02. The quantitative estimate of drug-likeness (QED) is 0.502. The van der Waals surface area contributed by atoms with Crippen molar-refractivity contribution in [2.75, 3.05) is 11.9 Å². The van der Waals surface area contributed by atoms with E-state index in [1.165, 1.54) is 0 Å². The van der Waals surface area contributed by atoms with Crippen LogP contribution in [0.1, 0.15) is 16.7 Å². The van der Waals surface area contributed by atoms with Crippen LogP contribution in [-0.2, 0) is 21.5 Å². The lowest BCUT2D eigenvalue weighted by atomic mass is 9.83. The molecule has 6 nitrogen and oxygen atoms in total. The summed E-state index contributed by atoms with van der Waals surface area (Å²) in [5.41, 5.74) is 1.87. The largest absolute Gasteiger partial charge is 0.325 e. The van der Waals surface area contributed by atoms with Crippen molar-refractivity contribution in [2.24, 2.45) is 0 Å². The number of rotatable bonds is 6. The Morgan fingerprint density at radius 2 is 1.66 bits per heavy atom. The van der Waals surface area contributed by atoms with Crippen molar-refractivity contribution in [1.29, 1.82) is 0 Å². The Bertz CT molecular complexity index is 1170. The van der Waals surface area contributed by atoms with Crippen molar-refractivity contribution >= 4 is 39.5 Å². The van der Waals surface area contributed by atoms with Crippen LogP contribution in [0.3, 0.4) is 0 Å². The first-order chi connectivity index (χ1) is 15.4. The van der Waals surface area contributed by atoms with Gasteiger partial charge in [0, 0.05) is 16.6 Å². The molecule has 1 aliphatic heterocycles. The molecule has 1 saturated heterocycles. The van der Waals surface area contributed by atoms with Gasteiger partial charge in [0.15, 0.2) is 5.54 Å². The number of carbonyl (C=O) groups is 3. The zero-order valence-corrected chi connectivity index (χ0v) is 19.1. The standard InChI is InChI=1S/C25H22BrN3O3/c1-17-14-20(12-13-21(17)26)27-22(30)16-29-23(31)25(28-24(29)32,19-10-6-3-7-11-19)15-18-8-4-2-5-9-18/h2-14H,15-16H2,1H3,(H,27,30)(H,28,32)/t25-/m1/s1. The smallest absolute Gasteiger partial charge is 0.325 e. The van der Waals surface area contributed by atoms with E-state index in [4.69, 9.17) is 0 Å². The topological polar surface area (TPSA) is 78.5 Å². The Labute approximate surface area is 194 Å². The monoisotopic (exact) mass is 491 g/mol. The van der Waals surface area contributed by atoms with E-state index in [1.807, 2.05) is 79.7 Å². The molecule has 0 unspecified atom stereocenters. The number of aryl methyl sites for hydroxylation is 1. The maximum absolute atomic E-state index is 13.6. The molecule has 7 heteroatoms. The molecule has 3 aromatic rings. The summed E-state index contributed by atoms with van der Waals surface area (Å²) < 4.78 is 0.929. The van der Waals surface area contributed by atoms with Gasteiger partial charge in [-0.05, 0) is 41.8 Å². The fourth-order valence-electron chi connectivity index (χ4n) is 3.88. The van der Waals surface area contributed by atoms with Gasteiger partial charge < -0.3 is 10.6 Å². The van der Waals surface area contributed by atoms with Crippen molar-refractivity contribution < 1.29 is 14.4 Å². The number of hydrogen-bond donors (Lipinski definition) is 2. The fraction of sp³-hybridized carbons (Fsp3) is 0.160. The third-order valence-corrected chi connectivity index (χ3v) is 6.39. The van der Waals surface area contributed by atoms with Gasteiger partial charge >= 0.3 is 6.03 Å². The third kappa shape index (κ3) is 4.29. The Hall–Kier alpha value is -3.45. The number of nitrogens with one attached hydrogen (secondary N) is 2. The number of nitrogens with zero attached hydrogens (tertiary/aromatic N) is 1. The summed E-state index contributed by atoms with van der Waals surface area (Å²) in [4.78, 5) is 40.1. The number of halogens is 1. The average molecular weight is 492 g/mol. The van der Waals surface area contributed by atoms with Gasteiger partial charge in [0.2, 0.25) is 5.91 Å². The van der Waals surface area contributed by atoms with E-state index in [1.54, 1.807) is 6.07 Å². The molecule has 2 N–H and O–H groups in total. The van der Waals surface area contributed by atoms with Crippen LogP contribution in [0, 0.1) is 6.92 Å². The highest BCUT2D eigenvalue weighted by atomic mass is 79.9. The second-order valence-electron chi connectivity index (χ2n) is 7.77. The van der Waals surface area contributed by atoms with E-state index in [9.17, 15) is 14.4 Å². The van der Waals surface area contributed by atoms with Crippen molar-refractivity contribution in [3.63, 3.8) is 0 Å². The minimum absolute atomic E-state index is 0.284. The van der Waals surface area contributed by atoms with E-state index >= 15 is 0 Å². The molecular weight excluding hydrogens is 470 g/mol. The molecule has 0 spiro atoms. The van der Waals surface area contributed by atoms with Crippen LogP contribution >= 0.6 is 15.9 Å². The first-order valence-electron chi connectivity index (χ1n) is 10.2. The minimum atomic E-state index is -1.27. The van der Waals surface area contributed by atoms with E-state index in [0.29, 0.717) is 11.3 Å². The van der Waals surface area contributed by atoms with E-state index in [2.05, 4.69) is 26.6 Å². The lowest BCUT2D eigenvalue weighted by Gasteiger charge is -2.27. The summed E-state index contributed by atoms with van der Waals surface area (Å²) in [5, 5.41) is 5.63. The summed E-state index contributed by atoms with van der Waals surface area (Å²) in [6, 6.07) is 23.5. The van der Waals surface area contributed by atoms with Crippen LogP contribution < -0.4 is 10.6 Å². The third-order valence-electron chi connectivity index (χ3n) is 5.50. The van der Waals surface area contributed by atoms with Crippen molar-refractivity contribution in [1.82, 2.24) is 10.2 Å². The number of urea groups is 1. The zero-order valence-electron chi connectivity index (χ0n) is 17.5. The van der Waals surface area contributed by atoms with Gasteiger partial charge in [-0.25, -0.2) is 4.79 Å². The molecule has 32 heavy (non-hydrogen) atoms. The van der Waals surface area contributed by atoms with Crippen LogP contribution in [0.5, 0.6) is 0 Å². The highest BCUT2D eigenvalue weighted by Gasteiger charge is 2.52. The predicted molar refractivity (Wildman–Crippen MR) is 126 cm³/mol. The van der Waals surface area contributed by atoms with E-state index in [0.717, 1.165) is 20.5 Å². The second kappa shape index (κ2) is 8.96. The van der Waals surface area contributed by atoms with Gasteiger partial charge in [0.25, 0.3) is 5.91 Å². The molecule has 4 amide bonds. The lowest BCUT2D eigenvalue weighted by Crippen LogP contribution is -2.46. The Balaban J connectivity index is 1.59. The van der Waals surface area contributed by atoms with Gasteiger partial charge in [-0.1, -0.05) is 76.6 Å². The van der Waals surface area contributed by atoms with Gasteiger partial charge in [-0.2, -0.15) is 0 Å². The Kier molecular flexibility index (Phi) is 6.10. The summed E-state index contributed by atoms with van der Waals surface area (Å²) >= 11 is 3.43. The predicted octanol–water partition coefficient (Wildman–Crippen LogP) is 4.39. The highest BCUT2D eigenvalue weighted by molar-refractivity contribution is 9.10. The summed E-state index contributed by atoms with van der Waals surface area (Å²) in [5.74, 6) is -0.890. The maximum atomic E-state index is 13.6. The number of anilines is 1. The number of carbonyl (C=O) groups excluding carboxylic acids is 3. The second-order valence-corrected chi connectivity index (χ2v) is 8.62. The molecule has 162 valence electrons. The van der Waals surface area contributed by atoms with Gasteiger partial charge in [0.05, 0.1) is 0 Å². The molecule has 0 radical (unpaired) electrons. The molecular formula is C25H22BrN3O3. The Morgan fingerprint density at radius 3 is 2.31 bits per heavy atom. The van der Waals surface area contributed by atoms with Gasteiger partial charge in [0.1, 0.15) is 6.54 Å². The summed E-state index contributed by atoms with van der Waals surface area (Å²) in [6.45, 7) is 1.54. The first-order valence-corrected chi connectivity index (χ1v) is 11.0. The molecule has 0 aromatic heterocycles. The van der Waals surface area contributed by atoms with E-state index in [-0.39, 0.29) is 13.0 Å². The minimum Gasteiger partial charge on any atom is -0.325 e. The molecule has 1 fully saturated rings. The van der Waals surface area contributed by atoms with Crippen LogP contribution in [0.25, 0.3) is 0 Å². The molecule has 3 aromatic carbocycles. The highest BCUT2D eigenvalue weighted by Crippen LogP contribution is 2.33. The van der Waals surface area contributed by atoms with Gasteiger partial charge in [-0.3, -0.25) is 14.5 Å². The van der Waals surface area contributed by atoms with Crippen molar-refractivity contribution in [2.45, 2.75) is 18.9 Å². The van der Waals surface area contributed by atoms with Crippen LogP contribution in [-0.4, -0.2) is 29.3 Å². The fourth-order valence-corrected chi connectivity index (χ4v) is 4.13. The number of amides is 4. The van der Waals surface area contributed by atoms with E-state index < -0.39 is 23.4 Å². The normalized spacial score (nSPS) is 17.9. The lowest BCUT2D eigenvalue weighted by molar-refractivity contribution is -0.134. The number of hydrogen-bond acceptors (Lipinski definition) is 3. The molecule has 0 bridgehead atoms. The Morgan fingerprint density at radius 1 is 1.00 bits per heavy atom. The molecule has 1 heterocycles. The van der Waals surface area contributed by atoms with Gasteiger partial charge in [-0.15, -0.1) is 0 Å². The van der Waals surface area contributed by atoms with Crippen molar-refractivity contribution in [3.8, 4) is 0 Å². The molecule has 0 aliphatic carbocycles. The molecule has 1 atom stereocenters. The molecule has 0 saturated carbocycles. The summed E-state index contributed by atoms with van der Waals surface area (Å²) in [6.07, 6.45) is 0.284. The first kappa shape index (κ1) is 21.8. The number of imide groups is 1. The van der Waals surface area contributed by atoms with Crippen LogP contribution in [0.4, 0.5) is 10.5 Å². The zero-order chi connectivity index (χ0) is 22.7.